The molecule has 1 amide bonds. The van der Waals surface area contributed by atoms with Crippen LogP contribution in [0.3, 0.4) is 0 Å². The molecule has 1 aliphatic heterocycles. The lowest BCUT2D eigenvalue weighted by molar-refractivity contribution is -0.117. The molecule has 1 heterocycles. The van der Waals surface area contributed by atoms with Gasteiger partial charge in [0.05, 0.1) is 23.3 Å². The van der Waals surface area contributed by atoms with Gasteiger partial charge in [-0.15, -0.1) is 0 Å². The summed E-state index contributed by atoms with van der Waals surface area (Å²) < 4.78 is 5.96. The molecule has 1 saturated heterocycles. The van der Waals surface area contributed by atoms with Crippen molar-refractivity contribution in [2.75, 3.05) is 11.9 Å². The van der Waals surface area contributed by atoms with Gasteiger partial charge < -0.3 is 4.74 Å². The number of nitrogens with zero attached hydrogens (tertiary/aromatic N) is 1. The van der Waals surface area contributed by atoms with Crippen LogP contribution in [0, 0.1) is 0 Å². The Morgan fingerprint density at radius 1 is 1.00 bits per heavy atom. The number of halogens is 1. The molecule has 2 atom stereocenters. The molecule has 6 rings (SSSR count). The van der Waals surface area contributed by atoms with Crippen LogP contribution < -0.4 is 0 Å². The van der Waals surface area contributed by atoms with E-state index in [0.29, 0.717) is 0 Å². The van der Waals surface area contributed by atoms with Gasteiger partial charge in [-0.2, -0.15) is 0 Å². The largest absolute Gasteiger partial charge is 0.443 e. The van der Waals surface area contributed by atoms with Crippen molar-refractivity contribution in [1.82, 2.24) is 4.90 Å². The Kier molecular flexibility index (Phi) is 3.43. The quantitative estimate of drug-likeness (QED) is 0.702. The lowest BCUT2D eigenvalue weighted by Gasteiger charge is -2.58. The molecule has 0 N–H and O–H groups in total. The molecule has 2 aromatic carbocycles. The summed E-state index contributed by atoms with van der Waals surface area (Å²) in [5.41, 5.74) is 4.03. The molecule has 4 nitrogen and oxygen atoms in total. The topological polar surface area (TPSA) is 46.6 Å². The van der Waals surface area contributed by atoms with Crippen LogP contribution in [0.1, 0.15) is 36.1 Å². The molecule has 2 aromatic rings. The Bertz CT molecular complexity index is 938. The van der Waals surface area contributed by atoms with Crippen molar-refractivity contribution in [3.8, 4) is 0 Å². The maximum absolute atomic E-state index is 12.8. The van der Waals surface area contributed by atoms with Gasteiger partial charge in [-0.3, -0.25) is 9.69 Å². The first-order valence-corrected chi connectivity index (χ1v) is 10.3. The van der Waals surface area contributed by atoms with Crippen LogP contribution in [0.2, 0.25) is 0 Å². The van der Waals surface area contributed by atoms with E-state index >= 15 is 0 Å². The van der Waals surface area contributed by atoms with Crippen LogP contribution >= 0.6 is 15.9 Å². The number of ether oxygens (including phenoxy) is 1. The van der Waals surface area contributed by atoms with E-state index in [-0.39, 0.29) is 29.8 Å². The Morgan fingerprint density at radius 2 is 1.48 bits per heavy atom. The first-order chi connectivity index (χ1) is 12.9. The fraction of sp³-hybridized carbons (Fsp3) is 0.364. The summed E-state index contributed by atoms with van der Waals surface area (Å²) in [6.45, 7) is 4.43. The van der Waals surface area contributed by atoms with Crippen molar-refractivity contribution in [3.05, 3.63) is 70.8 Å². The molecule has 0 saturated carbocycles. The van der Waals surface area contributed by atoms with Gasteiger partial charge >= 0.3 is 6.09 Å². The van der Waals surface area contributed by atoms with E-state index in [1.165, 1.54) is 22.3 Å². The highest BCUT2D eigenvalue weighted by Gasteiger charge is 2.68. The van der Waals surface area contributed by atoms with E-state index in [0.717, 1.165) is 0 Å². The molecule has 0 unspecified atom stereocenters. The second-order valence-corrected chi connectivity index (χ2v) is 8.61. The SMILES string of the molecule is CC12c3ccccc3C(C)(c3ccccc31)[C@@H]1[C@H]2OC(=O)N1CC(=O)CBr. The van der Waals surface area contributed by atoms with Crippen molar-refractivity contribution < 1.29 is 14.3 Å². The number of Topliss-reactive ketones (excluding diaryl/α,β-unsaturated/α-hetero) is 1. The van der Waals surface area contributed by atoms with Gasteiger partial charge in [0.25, 0.3) is 0 Å². The normalized spacial score (nSPS) is 32.6. The van der Waals surface area contributed by atoms with Gasteiger partial charge in [-0.1, -0.05) is 64.5 Å². The minimum Gasteiger partial charge on any atom is -0.443 e. The van der Waals surface area contributed by atoms with Crippen molar-refractivity contribution >= 4 is 27.8 Å². The lowest BCUT2D eigenvalue weighted by Crippen LogP contribution is -2.66. The Labute approximate surface area is 166 Å². The van der Waals surface area contributed by atoms with Gasteiger partial charge in [0, 0.05) is 5.41 Å². The number of rotatable bonds is 3. The molecule has 1 fully saturated rings. The number of ketones is 1. The van der Waals surface area contributed by atoms with Crippen molar-refractivity contribution in [2.45, 2.75) is 36.8 Å². The minimum absolute atomic E-state index is 0.0237. The fourth-order valence-corrected chi connectivity index (χ4v) is 5.83. The number of hydrogen-bond donors (Lipinski definition) is 0. The standard InChI is InChI=1S/C22H20BrNO3/c1-21-14-7-3-5-9-16(14)22(2,17-10-6-4-8-15(17)21)19-18(21)24(20(26)27-19)12-13(25)11-23/h3-10,18-19H,11-12H2,1-2H3/t18-,19+,21?,22?/m0/s1. The third-order valence-electron chi connectivity index (χ3n) is 6.83. The molecule has 138 valence electrons. The molecule has 5 heteroatoms. The first kappa shape index (κ1) is 17.0. The first-order valence-electron chi connectivity index (χ1n) is 9.19. The molecule has 0 spiro atoms. The van der Waals surface area contributed by atoms with E-state index in [9.17, 15) is 9.59 Å². The van der Waals surface area contributed by atoms with Crippen molar-refractivity contribution in [1.29, 1.82) is 0 Å². The van der Waals surface area contributed by atoms with E-state index < -0.39 is 16.9 Å². The summed E-state index contributed by atoms with van der Waals surface area (Å²) in [7, 11) is 0. The molecular weight excluding hydrogens is 406 g/mol. The summed E-state index contributed by atoms with van der Waals surface area (Å²) in [6, 6.07) is 16.6. The Balaban J connectivity index is 1.81. The Hall–Kier alpha value is -2.14. The molecule has 0 radical (unpaired) electrons. The summed E-state index contributed by atoms with van der Waals surface area (Å²) in [5, 5.41) is 0.231. The summed E-state index contributed by atoms with van der Waals surface area (Å²) in [5.74, 6) is -0.0237. The maximum atomic E-state index is 12.8. The second kappa shape index (κ2) is 5.44. The number of carbonyl (C=O) groups is 2. The molecule has 2 bridgehead atoms. The van der Waals surface area contributed by atoms with Gasteiger partial charge in [-0.05, 0) is 36.1 Å². The number of benzene rings is 2. The number of carbonyl (C=O) groups excluding carboxylic acids is 2. The number of alkyl halides is 1. The summed E-state index contributed by atoms with van der Waals surface area (Å²) in [6.07, 6.45) is -0.708. The highest BCUT2D eigenvalue weighted by Crippen LogP contribution is 2.62. The molecular formula is C22H20BrNO3. The van der Waals surface area contributed by atoms with E-state index in [1.54, 1.807) is 4.90 Å². The van der Waals surface area contributed by atoms with Crippen LogP contribution in [0.4, 0.5) is 4.79 Å². The van der Waals surface area contributed by atoms with Crippen molar-refractivity contribution in [3.63, 3.8) is 0 Å². The van der Waals surface area contributed by atoms with Crippen LogP contribution in [0.15, 0.2) is 48.5 Å². The average Bonchev–Trinajstić information content (AvgIpc) is 3.03. The third kappa shape index (κ3) is 1.88. The fourth-order valence-electron chi connectivity index (χ4n) is 5.65. The highest BCUT2D eigenvalue weighted by atomic mass is 79.9. The van der Waals surface area contributed by atoms with Crippen LogP contribution in [0.5, 0.6) is 0 Å². The van der Waals surface area contributed by atoms with Gasteiger partial charge in [0.15, 0.2) is 5.78 Å². The third-order valence-corrected chi connectivity index (χ3v) is 7.46. The van der Waals surface area contributed by atoms with Crippen LogP contribution in [0.25, 0.3) is 0 Å². The van der Waals surface area contributed by atoms with E-state index in [1.807, 2.05) is 0 Å². The van der Waals surface area contributed by atoms with Gasteiger partial charge in [-0.25, -0.2) is 4.79 Å². The zero-order valence-corrected chi connectivity index (χ0v) is 16.8. The monoisotopic (exact) mass is 425 g/mol. The smallest absolute Gasteiger partial charge is 0.410 e. The maximum Gasteiger partial charge on any atom is 0.410 e. The predicted octanol–water partition coefficient (Wildman–Crippen LogP) is 3.78. The molecule has 0 aromatic heterocycles. The number of hydrogen-bond acceptors (Lipinski definition) is 3. The highest BCUT2D eigenvalue weighted by molar-refractivity contribution is 9.09. The second-order valence-electron chi connectivity index (χ2n) is 8.05. The zero-order chi connectivity index (χ0) is 19.0. The van der Waals surface area contributed by atoms with Gasteiger partial charge in [0.1, 0.15) is 6.10 Å². The average molecular weight is 426 g/mol. The molecule has 3 aliphatic carbocycles. The van der Waals surface area contributed by atoms with Crippen LogP contribution in [-0.2, 0) is 20.4 Å². The lowest BCUT2D eigenvalue weighted by atomic mass is 9.47. The van der Waals surface area contributed by atoms with Crippen molar-refractivity contribution in [2.24, 2.45) is 0 Å². The predicted molar refractivity (Wildman–Crippen MR) is 105 cm³/mol. The summed E-state index contributed by atoms with van der Waals surface area (Å²) >= 11 is 3.22. The van der Waals surface area contributed by atoms with E-state index in [2.05, 4.69) is 78.3 Å². The van der Waals surface area contributed by atoms with Crippen LogP contribution in [-0.4, -0.2) is 40.8 Å². The molecule has 27 heavy (non-hydrogen) atoms. The number of amides is 1. The van der Waals surface area contributed by atoms with E-state index in [4.69, 9.17) is 4.74 Å². The molecule has 4 aliphatic rings. The van der Waals surface area contributed by atoms with Gasteiger partial charge in [0.2, 0.25) is 0 Å². The zero-order valence-electron chi connectivity index (χ0n) is 15.2. The minimum atomic E-state index is -0.433. The summed E-state index contributed by atoms with van der Waals surface area (Å²) in [4.78, 5) is 26.7. The Morgan fingerprint density at radius 3 is 1.96 bits per heavy atom.